The van der Waals surface area contributed by atoms with Crippen molar-refractivity contribution >= 4 is 0 Å². The number of nitrogens with two attached hydrogens (primary N) is 1. The van der Waals surface area contributed by atoms with E-state index < -0.39 is 0 Å². The second kappa shape index (κ2) is 7.47. The topological polar surface area (TPSA) is 51.2 Å². The van der Waals surface area contributed by atoms with Crippen LogP contribution in [-0.2, 0) is 0 Å². The molecule has 3 heteroatoms. The zero-order chi connectivity index (χ0) is 11.8. The Kier molecular flexibility index (Phi) is 6.19. The van der Waals surface area contributed by atoms with Crippen LogP contribution < -0.4 is 11.3 Å². The number of furan rings is 1. The quantitative estimate of drug-likeness (QED) is 0.404. The third-order valence-corrected chi connectivity index (χ3v) is 2.90. The molecule has 92 valence electrons. The molecule has 1 aromatic rings. The van der Waals surface area contributed by atoms with E-state index in [4.69, 9.17) is 10.3 Å². The minimum atomic E-state index is 0.162. The molecule has 0 bridgehead atoms. The van der Waals surface area contributed by atoms with Gasteiger partial charge in [-0.25, -0.2) is 5.43 Å². The van der Waals surface area contributed by atoms with Crippen LogP contribution in [0.2, 0.25) is 0 Å². The maximum atomic E-state index is 5.57. The first-order chi connectivity index (χ1) is 7.77. The van der Waals surface area contributed by atoms with Crippen LogP contribution in [0, 0.1) is 6.92 Å². The van der Waals surface area contributed by atoms with Crippen molar-refractivity contribution in [2.45, 2.75) is 58.4 Å². The van der Waals surface area contributed by atoms with E-state index in [-0.39, 0.29) is 6.04 Å². The molecule has 1 rings (SSSR count). The highest BCUT2D eigenvalue weighted by atomic mass is 16.3. The van der Waals surface area contributed by atoms with Gasteiger partial charge in [0.1, 0.15) is 11.5 Å². The summed E-state index contributed by atoms with van der Waals surface area (Å²) in [6.45, 7) is 4.19. The smallest absolute Gasteiger partial charge is 0.122 e. The molecule has 3 N–H and O–H groups in total. The second-order valence-electron chi connectivity index (χ2n) is 4.37. The summed E-state index contributed by atoms with van der Waals surface area (Å²) in [5, 5.41) is 0. The maximum absolute atomic E-state index is 5.57. The summed E-state index contributed by atoms with van der Waals surface area (Å²) in [7, 11) is 0. The van der Waals surface area contributed by atoms with E-state index in [1.54, 1.807) is 0 Å². The molecule has 0 saturated heterocycles. The summed E-state index contributed by atoms with van der Waals surface area (Å²) < 4.78 is 5.57. The van der Waals surface area contributed by atoms with Crippen LogP contribution in [0.3, 0.4) is 0 Å². The molecule has 16 heavy (non-hydrogen) atoms. The Morgan fingerprint density at radius 3 is 2.56 bits per heavy atom. The Morgan fingerprint density at radius 1 is 1.25 bits per heavy atom. The van der Waals surface area contributed by atoms with Crippen LogP contribution in [0.25, 0.3) is 0 Å². The highest BCUT2D eigenvalue weighted by molar-refractivity contribution is 5.09. The van der Waals surface area contributed by atoms with Crippen LogP contribution in [0.5, 0.6) is 0 Å². The van der Waals surface area contributed by atoms with E-state index in [1.807, 2.05) is 19.1 Å². The number of nitrogens with one attached hydrogen (secondary N) is 1. The van der Waals surface area contributed by atoms with Crippen molar-refractivity contribution in [3.63, 3.8) is 0 Å². The summed E-state index contributed by atoms with van der Waals surface area (Å²) in [5.41, 5.74) is 2.83. The lowest BCUT2D eigenvalue weighted by Gasteiger charge is -2.12. The van der Waals surface area contributed by atoms with Gasteiger partial charge in [-0.15, -0.1) is 0 Å². The fourth-order valence-electron chi connectivity index (χ4n) is 1.90. The van der Waals surface area contributed by atoms with Gasteiger partial charge in [0.15, 0.2) is 0 Å². The van der Waals surface area contributed by atoms with E-state index >= 15 is 0 Å². The Labute approximate surface area is 98.4 Å². The molecular formula is C13H24N2O. The van der Waals surface area contributed by atoms with Crippen molar-refractivity contribution in [2.75, 3.05) is 0 Å². The van der Waals surface area contributed by atoms with Gasteiger partial charge in [0, 0.05) is 0 Å². The van der Waals surface area contributed by atoms with Crippen LogP contribution >= 0.6 is 0 Å². The normalized spacial score (nSPS) is 12.9. The number of hydrogen-bond donors (Lipinski definition) is 2. The van der Waals surface area contributed by atoms with E-state index in [2.05, 4.69) is 12.3 Å². The van der Waals surface area contributed by atoms with Crippen molar-refractivity contribution in [3.8, 4) is 0 Å². The molecule has 0 amide bonds. The van der Waals surface area contributed by atoms with Crippen molar-refractivity contribution in [3.05, 3.63) is 23.7 Å². The summed E-state index contributed by atoms with van der Waals surface area (Å²) in [6, 6.07) is 4.15. The highest BCUT2D eigenvalue weighted by Gasteiger charge is 2.12. The summed E-state index contributed by atoms with van der Waals surface area (Å²) in [4.78, 5) is 0. The first kappa shape index (κ1) is 13.3. The molecule has 1 aromatic heterocycles. The van der Waals surface area contributed by atoms with Gasteiger partial charge >= 0.3 is 0 Å². The number of aryl methyl sites for hydroxylation is 1. The molecule has 0 aliphatic rings. The predicted octanol–water partition coefficient (Wildman–Crippen LogP) is 3.45. The third-order valence-electron chi connectivity index (χ3n) is 2.90. The molecule has 0 fully saturated rings. The van der Waals surface area contributed by atoms with Gasteiger partial charge < -0.3 is 4.42 Å². The molecule has 0 radical (unpaired) electrons. The minimum Gasteiger partial charge on any atom is -0.465 e. The van der Waals surface area contributed by atoms with Gasteiger partial charge in [-0.05, 0) is 25.5 Å². The van der Waals surface area contributed by atoms with Crippen molar-refractivity contribution in [2.24, 2.45) is 5.84 Å². The first-order valence-corrected chi connectivity index (χ1v) is 6.30. The number of rotatable bonds is 8. The number of hydrazine groups is 1. The summed E-state index contributed by atoms with van der Waals surface area (Å²) in [5.74, 6) is 7.44. The minimum absolute atomic E-state index is 0.162. The molecule has 0 saturated carbocycles. The molecule has 0 aliphatic heterocycles. The Morgan fingerprint density at radius 2 is 2.00 bits per heavy atom. The van der Waals surface area contributed by atoms with E-state index in [0.29, 0.717) is 0 Å². The number of hydrogen-bond acceptors (Lipinski definition) is 3. The Balaban J connectivity index is 2.27. The molecule has 1 heterocycles. The molecule has 0 aromatic carbocycles. The molecule has 0 spiro atoms. The van der Waals surface area contributed by atoms with Gasteiger partial charge in [0.25, 0.3) is 0 Å². The van der Waals surface area contributed by atoms with Crippen molar-refractivity contribution in [1.29, 1.82) is 0 Å². The lowest BCUT2D eigenvalue weighted by Crippen LogP contribution is -2.27. The monoisotopic (exact) mass is 224 g/mol. The lowest BCUT2D eigenvalue weighted by molar-refractivity contribution is 0.379. The average Bonchev–Trinajstić information content (AvgIpc) is 2.70. The summed E-state index contributed by atoms with van der Waals surface area (Å²) in [6.07, 6.45) is 7.48. The third kappa shape index (κ3) is 4.37. The van der Waals surface area contributed by atoms with Gasteiger partial charge in [-0.1, -0.05) is 39.0 Å². The van der Waals surface area contributed by atoms with Crippen LogP contribution in [0.1, 0.15) is 63.0 Å². The van der Waals surface area contributed by atoms with Crippen molar-refractivity contribution in [1.82, 2.24) is 5.43 Å². The van der Waals surface area contributed by atoms with E-state index in [0.717, 1.165) is 17.9 Å². The van der Waals surface area contributed by atoms with E-state index in [9.17, 15) is 0 Å². The van der Waals surface area contributed by atoms with Gasteiger partial charge in [-0.2, -0.15) is 0 Å². The summed E-state index contributed by atoms with van der Waals surface area (Å²) >= 11 is 0. The van der Waals surface area contributed by atoms with E-state index in [1.165, 1.54) is 32.1 Å². The molecule has 0 aliphatic carbocycles. The SMILES string of the molecule is CCCCCCCC(NN)c1ccc(C)o1. The van der Waals surface area contributed by atoms with Crippen LogP contribution in [0.4, 0.5) is 0 Å². The van der Waals surface area contributed by atoms with Gasteiger partial charge in [0.05, 0.1) is 6.04 Å². The standard InChI is InChI=1S/C13H24N2O/c1-3-4-5-6-7-8-12(15-14)13-10-9-11(2)16-13/h9-10,12,15H,3-8,14H2,1-2H3. The van der Waals surface area contributed by atoms with Gasteiger partial charge in [-0.3, -0.25) is 5.84 Å². The second-order valence-corrected chi connectivity index (χ2v) is 4.37. The average molecular weight is 224 g/mol. The zero-order valence-electron chi connectivity index (χ0n) is 10.5. The van der Waals surface area contributed by atoms with Crippen LogP contribution in [-0.4, -0.2) is 0 Å². The van der Waals surface area contributed by atoms with Gasteiger partial charge in [0.2, 0.25) is 0 Å². The lowest BCUT2D eigenvalue weighted by atomic mass is 10.1. The first-order valence-electron chi connectivity index (χ1n) is 6.30. The number of unbranched alkanes of at least 4 members (excludes halogenated alkanes) is 4. The Hall–Kier alpha value is -0.800. The largest absolute Gasteiger partial charge is 0.465 e. The van der Waals surface area contributed by atoms with Crippen LogP contribution in [0.15, 0.2) is 16.5 Å². The molecule has 1 unspecified atom stereocenters. The predicted molar refractivity (Wildman–Crippen MR) is 66.9 cm³/mol. The fraction of sp³-hybridized carbons (Fsp3) is 0.692. The maximum Gasteiger partial charge on any atom is 0.122 e. The molecule has 1 atom stereocenters. The molecule has 3 nitrogen and oxygen atoms in total. The fourth-order valence-corrected chi connectivity index (χ4v) is 1.90. The molecular weight excluding hydrogens is 200 g/mol. The highest BCUT2D eigenvalue weighted by Crippen LogP contribution is 2.21. The van der Waals surface area contributed by atoms with Crippen molar-refractivity contribution < 1.29 is 4.42 Å². The zero-order valence-corrected chi connectivity index (χ0v) is 10.5. The Bertz CT molecular complexity index is 283.